The van der Waals surface area contributed by atoms with Crippen LogP contribution in [-0.4, -0.2) is 44.7 Å². The first-order valence-electron chi connectivity index (χ1n) is 11.1. The molecule has 4 heterocycles. The number of piperidine rings is 1. The van der Waals surface area contributed by atoms with Crippen molar-refractivity contribution in [2.24, 2.45) is 11.7 Å². The number of anilines is 2. The Balaban J connectivity index is 1.35. The van der Waals surface area contributed by atoms with E-state index in [9.17, 15) is 14.0 Å². The van der Waals surface area contributed by atoms with E-state index in [-0.39, 0.29) is 17.6 Å². The molecule has 9 nitrogen and oxygen atoms in total. The van der Waals surface area contributed by atoms with Crippen LogP contribution in [0.4, 0.5) is 15.9 Å². The maximum Gasteiger partial charge on any atom is 0.295 e. The van der Waals surface area contributed by atoms with Gasteiger partial charge in [-0.05, 0) is 54.6 Å². The van der Waals surface area contributed by atoms with Crippen LogP contribution >= 0.6 is 11.3 Å². The predicted molar refractivity (Wildman–Crippen MR) is 131 cm³/mol. The number of hydrogen-bond donors (Lipinski definition) is 2. The van der Waals surface area contributed by atoms with Crippen LogP contribution in [0, 0.1) is 11.7 Å². The summed E-state index contributed by atoms with van der Waals surface area (Å²) in [6, 6.07) is 13.2. The van der Waals surface area contributed by atoms with Gasteiger partial charge in [-0.25, -0.2) is 19.0 Å². The van der Waals surface area contributed by atoms with Crippen molar-refractivity contribution in [1.82, 2.24) is 19.7 Å². The van der Waals surface area contributed by atoms with Crippen LogP contribution < -0.4 is 16.0 Å². The van der Waals surface area contributed by atoms with Crippen LogP contribution in [0.15, 0.2) is 60.1 Å². The van der Waals surface area contributed by atoms with Gasteiger partial charge in [0.1, 0.15) is 11.6 Å². The largest absolute Gasteiger partial charge is 0.369 e. The number of halogens is 1. The lowest BCUT2D eigenvalue weighted by atomic mass is 9.97. The number of pyridine rings is 1. The molecular weight excluding hydrogens is 469 g/mol. The second-order valence-electron chi connectivity index (χ2n) is 8.17. The summed E-state index contributed by atoms with van der Waals surface area (Å²) in [6.07, 6.45) is 3.19. The molecule has 3 N–H and O–H groups in total. The van der Waals surface area contributed by atoms with E-state index in [4.69, 9.17) is 5.73 Å². The van der Waals surface area contributed by atoms with Crippen LogP contribution in [0.2, 0.25) is 0 Å². The lowest BCUT2D eigenvalue weighted by molar-refractivity contribution is -0.122. The number of rotatable bonds is 6. The quantitative estimate of drug-likeness (QED) is 0.426. The molecule has 1 fully saturated rings. The highest BCUT2D eigenvalue weighted by Gasteiger charge is 2.25. The number of benzene rings is 1. The van der Waals surface area contributed by atoms with Crippen LogP contribution in [-0.2, 0) is 4.79 Å². The molecule has 0 aliphatic carbocycles. The second kappa shape index (κ2) is 9.63. The molecule has 1 saturated heterocycles. The summed E-state index contributed by atoms with van der Waals surface area (Å²) in [6.45, 7) is 1.32. The number of nitrogens with zero attached hydrogens (tertiary/aromatic N) is 5. The molecule has 0 bridgehead atoms. The van der Waals surface area contributed by atoms with Crippen molar-refractivity contribution >= 4 is 34.7 Å². The summed E-state index contributed by atoms with van der Waals surface area (Å²) >= 11 is 1.44. The fraction of sp³-hybridized carbons (Fsp3) is 0.208. The maximum atomic E-state index is 13.8. The Morgan fingerprint density at radius 1 is 1.17 bits per heavy atom. The van der Waals surface area contributed by atoms with Crippen molar-refractivity contribution in [1.29, 1.82) is 0 Å². The number of nitrogens with one attached hydrogen (secondary N) is 1. The summed E-state index contributed by atoms with van der Waals surface area (Å²) in [5.41, 5.74) is 6.40. The molecule has 178 valence electrons. The van der Waals surface area contributed by atoms with Gasteiger partial charge in [0.25, 0.3) is 5.91 Å². The maximum absolute atomic E-state index is 13.8. The number of carbonyl (C=O) groups excluding carboxylic acids is 2. The monoisotopic (exact) mass is 491 g/mol. The van der Waals surface area contributed by atoms with E-state index >= 15 is 0 Å². The van der Waals surface area contributed by atoms with Crippen molar-refractivity contribution < 1.29 is 14.0 Å². The predicted octanol–water partition coefficient (Wildman–Crippen LogP) is 3.48. The zero-order chi connectivity index (χ0) is 24.4. The van der Waals surface area contributed by atoms with Gasteiger partial charge < -0.3 is 16.0 Å². The smallest absolute Gasteiger partial charge is 0.295 e. The van der Waals surface area contributed by atoms with E-state index in [0.29, 0.717) is 29.6 Å². The minimum Gasteiger partial charge on any atom is -0.369 e. The first-order valence-corrected chi connectivity index (χ1v) is 11.9. The molecule has 0 radical (unpaired) electrons. The third-order valence-electron chi connectivity index (χ3n) is 5.76. The summed E-state index contributed by atoms with van der Waals surface area (Å²) in [4.78, 5) is 36.2. The molecule has 11 heteroatoms. The Kier molecular flexibility index (Phi) is 6.23. The van der Waals surface area contributed by atoms with E-state index in [1.165, 1.54) is 28.2 Å². The van der Waals surface area contributed by atoms with Crippen LogP contribution in [0.5, 0.6) is 0 Å². The summed E-state index contributed by atoms with van der Waals surface area (Å²) in [5.74, 6) is -0.322. The molecule has 3 aromatic heterocycles. The second-order valence-corrected chi connectivity index (χ2v) is 9.12. The highest BCUT2D eigenvalue weighted by atomic mass is 32.1. The number of carbonyl (C=O) groups is 2. The number of nitrogens with two attached hydrogens (primary N) is 1. The van der Waals surface area contributed by atoms with Crippen LogP contribution in [0.1, 0.15) is 23.5 Å². The Labute approximate surface area is 204 Å². The van der Waals surface area contributed by atoms with E-state index in [1.54, 1.807) is 30.5 Å². The molecule has 5 rings (SSSR count). The number of thiophene rings is 1. The number of amides is 2. The highest BCUT2D eigenvalue weighted by Crippen LogP contribution is 2.26. The van der Waals surface area contributed by atoms with Gasteiger partial charge in [0.2, 0.25) is 11.7 Å². The molecule has 0 spiro atoms. The van der Waals surface area contributed by atoms with Gasteiger partial charge in [0.05, 0.1) is 28.4 Å². The Morgan fingerprint density at radius 2 is 2.06 bits per heavy atom. The summed E-state index contributed by atoms with van der Waals surface area (Å²) in [7, 11) is 0. The van der Waals surface area contributed by atoms with Gasteiger partial charge in [-0.15, -0.1) is 16.4 Å². The van der Waals surface area contributed by atoms with Crippen LogP contribution in [0.25, 0.3) is 16.4 Å². The number of hydrogen-bond acceptors (Lipinski definition) is 7. The topological polar surface area (TPSA) is 119 Å². The van der Waals surface area contributed by atoms with Crippen molar-refractivity contribution in [2.45, 2.75) is 12.8 Å². The molecule has 4 aromatic rings. The van der Waals surface area contributed by atoms with Crippen molar-refractivity contribution in [2.75, 3.05) is 23.3 Å². The van der Waals surface area contributed by atoms with Gasteiger partial charge >= 0.3 is 0 Å². The van der Waals surface area contributed by atoms with Crippen molar-refractivity contribution in [3.05, 3.63) is 71.7 Å². The molecule has 2 amide bonds. The fourth-order valence-electron chi connectivity index (χ4n) is 4.01. The minimum absolute atomic E-state index is 0.0536. The molecule has 1 aliphatic heterocycles. The Morgan fingerprint density at radius 3 is 2.77 bits per heavy atom. The van der Waals surface area contributed by atoms with Crippen molar-refractivity contribution in [3.8, 4) is 16.4 Å². The average molecular weight is 492 g/mol. The first kappa shape index (κ1) is 22.7. The zero-order valence-electron chi connectivity index (χ0n) is 18.6. The molecule has 35 heavy (non-hydrogen) atoms. The molecule has 1 unspecified atom stereocenters. The third-order valence-corrected chi connectivity index (χ3v) is 6.62. The van der Waals surface area contributed by atoms with E-state index < -0.39 is 11.7 Å². The zero-order valence-corrected chi connectivity index (χ0v) is 19.4. The minimum atomic E-state index is -0.515. The lowest BCUT2D eigenvalue weighted by Gasteiger charge is -2.32. The number of aromatic nitrogens is 4. The van der Waals surface area contributed by atoms with Gasteiger partial charge in [0, 0.05) is 13.1 Å². The standard InChI is InChI=1S/C24H22FN7O2S/c25-16-5-1-6-18(12-16)32-23(19-7-3-11-35-19)29-22(30-32)24(34)28-17-8-9-20(27-13-17)31-10-2-4-15(14-31)21(26)33/h1,3,5-9,11-13,15H,2,4,10,14H2,(H2,26,33)(H,28,34). The molecule has 1 atom stereocenters. The van der Waals surface area contributed by atoms with E-state index in [2.05, 4.69) is 20.4 Å². The van der Waals surface area contributed by atoms with Gasteiger partial charge in [0.15, 0.2) is 5.82 Å². The fourth-order valence-corrected chi connectivity index (χ4v) is 4.71. The Bertz CT molecular complexity index is 1350. The van der Waals surface area contributed by atoms with Gasteiger partial charge in [-0.1, -0.05) is 12.1 Å². The molecular formula is C24H22FN7O2S. The van der Waals surface area contributed by atoms with Gasteiger partial charge in [-0.2, -0.15) is 0 Å². The highest BCUT2D eigenvalue weighted by molar-refractivity contribution is 7.13. The number of primary amides is 1. The SMILES string of the molecule is NC(=O)C1CCCN(c2ccc(NC(=O)c3nc(-c4cccs4)n(-c4cccc(F)c4)n3)cn2)C1. The van der Waals surface area contributed by atoms with Gasteiger partial charge in [-0.3, -0.25) is 9.59 Å². The van der Waals surface area contributed by atoms with Crippen molar-refractivity contribution in [3.63, 3.8) is 0 Å². The molecule has 0 saturated carbocycles. The Hall–Kier alpha value is -4.12. The first-order chi connectivity index (χ1) is 17.0. The average Bonchev–Trinajstić information content (AvgIpc) is 3.55. The normalized spacial score (nSPS) is 15.7. The van der Waals surface area contributed by atoms with E-state index in [0.717, 1.165) is 24.3 Å². The van der Waals surface area contributed by atoms with E-state index in [1.807, 2.05) is 22.4 Å². The third kappa shape index (κ3) is 4.90. The summed E-state index contributed by atoms with van der Waals surface area (Å²) in [5, 5.41) is 9.00. The lowest BCUT2D eigenvalue weighted by Crippen LogP contribution is -2.41. The molecule has 1 aromatic carbocycles. The summed E-state index contributed by atoms with van der Waals surface area (Å²) < 4.78 is 15.3. The van der Waals surface area contributed by atoms with Crippen LogP contribution in [0.3, 0.4) is 0 Å². The molecule has 1 aliphatic rings.